The SMILES string of the molecule is CCCOc1nc(NCC)nc(-c2ccc(F)c(C)c2)n1. The topological polar surface area (TPSA) is 59.9 Å². The summed E-state index contributed by atoms with van der Waals surface area (Å²) in [5, 5.41) is 3.04. The van der Waals surface area contributed by atoms with Crippen molar-refractivity contribution in [2.24, 2.45) is 0 Å². The number of anilines is 1. The lowest BCUT2D eigenvalue weighted by Crippen LogP contribution is -2.08. The van der Waals surface area contributed by atoms with Gasteiger partial charge in [0.05, 0.1) is 6.61 Å². The molecule has 6 heteroatoms. The van der Waals surface area contributed by atoms with Crippen molar-refractivity contribution in [2.45, 2.75) is 27.2 Å². The van der Waals surface area contributed by atoms with E-state index < -0.39 is 0 Å². The van der Waals surface area contributed by atoms with Gasteiger partial charge in [0.1, 0.15) is 5.82 Å². The number of halogens is 1. The van der Waals surface area contributed by atoms with Crippen LogP contribution in [0.5, 0.6) is 6.01 Å². The molecule has 0 aliphatic carbocycles. The maximum atomic E-state index is 13.4. The Morgan fingerprint density at radius 1 is 1.19 bits per heavy atom. The Bertz CT molecular complexity index is 619. The molecule has 0 aliphatic heterocycles. The summed E-state index contributed by atoms with van der Waals surface area (Å²) in [6.07, 6.45) is 0.868. The number of aryl methyl sites for hydroxylation is 1. The number of nitrogens with zero attached hydrogens (tertiary/aromatic N) is 3. The van der Waals surface area contributed by atoms with Crippen LogP contribution in [-0.4, -0.2) is 28.1 Å². The van der Waals surface area contributed by atoms with Crippen molar-refractivity contribution in [2.75, 3.05) is 18.5 Å². The number of rotatable bonds is 6. The number of ether oxygens (including phenoxy) is 1. The molecule has 21 heavy (non-hydrogen) atoms. The third-order valence-electron chi connectivity index (χ3n) is 2.80. The van der Waals surface area contributed by atoms with Gasteiger partial charge in [0.15, 0.2) is 5.82 Å². The lowest BCUT2D eigenvalue weighted by molar-refractivity contribution is 0.292. The summed E-state index contributed by atoms with van der Waals surface area (Å²) in [4.78, 5) is 12.8. The zero-order chi connectivity index (χ0) is 15.2. The Hall–Kier alpha value is -2.24. The molecular weight excluding hydrogens is 271 g/mol. The van der Waals surface area contributed by atoms with Crippen LogP contribution in [0.25, 0.3) is 11.4 Å². The standard InChI is InChI=1S/C15H19FN4O/c1-4-8-21-15-19-13(18-14(20-15)17-5-2)11-6-7-12(16)10(3)9-11/h6-7,9H,4-5,8H2,1-3H3,(H,17,18,19,20). The van der Waals surface area contributed by atoms with Crippen molar-refractivity contribution >= 4 is 5.95 Å². The summed E-state index contributed by atoms with van der Waals surface area (Å²) < 4.78 is 18.9. The normalized spacial score (nSPS) is 10.5. The molecule has 1 heterocycles. The second-order valence-electron chi connectivity index (χ2n) is 4.61. The number of hydrogen-bond donors (Lipinski definition) is 1. The van der Waals surface area contributed by atoms with Crippen LogP contribution in [0, 0.1) is 12.7 Å². The minimum Gasteiger partial charge on any atom is -0.463 e. The van der Waals surface area contributed by atoms with E-state index in [0.717, 1.165) is 12.0 Å². The minimum absolute atomic E-state index is 0.248. The molecule has 0 saturated carbocycles. The first kappa shape index (κ1) is 15.2. The van der Waals surface area contributed by atoms with Gasteiger partial charge in [-0.25, -0.2) is 4.39 Å². The molecule has 0 atom stereocenters. The van der Waals surface area contributed by atoms with Crippen LogP contribution in [-0.2, 0) is 0 Å². The fraction of sp³-hybridized carbons (Fsp3) is 0.400. The van der Waals surface area contributed by atoms with Crippen LogP contribution < -0.4 is 10.1 Å². The van der Waals surface area contributed by atoms with Crippen molar-refractivity contribution in [3.8, 4) is 17.4 Å². The van der Waals surface area contributed by atoms with Gasteiger partial charge < -0.3 is 10.1 Å². The molecule has 0 amide bonds. The van der Waals surface area contributed by atoms with Gasteiger partial charge in [-0.1, -0.05) is 6.92 Å². The molecule has 1 aromatic heterocycles. The Morgan fingerprint density at radius 2 is 2.00 bits per heavy atom. The maximum absolute atomic E-state index is 13.4. The zero-order valence-corrected chi connectivity index (χ0v) is 12.5. The maximum Gasteiger partial charge on any atom is 0.321 e. The molecule has 1 aromatic carbocycles. The zero-order valence-electron chi connectivity index (χ0n) is 12.5. The molecule has 0 unspecified atom stereocenters. The lowest BCUT2D eigenvalue weighted by Gasteiger charge is -2.09. The van der Waals surface area contributed by atoms with E-state index in [1.54, 1.807) is 19.1 Å². The van der Waals surface area contributed by atoms with Gasteiger partial charge in [0, 0.05) is 12.1 Å². The average Bonchev–Trinajstić information content (AvgIpc) is 2.48. The van der Waals surface area contributed by atoms with Crippen molar-refractivity contribution in [1.82, 2.24) is 15.0 Å². The van der Waals surface area contributed by atoms with E-state index in [-0.39, 0.29) is 11.8 Å². The Morgan fingerprint density at radius 3 is 2.67 bits per heavy atom. The van der Waals surface area contributed by atoms with E-state index in [1.807, 2.05) is 13.8 Å². The van der Waals surface area contributed by atoms with Crippen LogP contribution in [0.15, 0.2) is 18.2 Å². The van der Waals surface area contributed by atoms with E-state index in [9.17, 15) is 4.39 Å². The highest BCUT2D eigenvalue weighted by Gasteiger charge is 2.10. The smallest absolute Gasteiger partial charge is 0.321 e. The largest absolute Gasteiger partial charge is 0.463 e. The Balaban J connectivity index is 2.40. The van der Waals surface area contributed by atoms with Gasteiger partial charge in [-0.2, -0.15) is 15.0 Å². The summed E-state index contributed by atoms with van der Waals surface area (Å²) in [6, 6.07) is 5.05. The van der Waals surface area contributed by atoms with E-state index >= 15 is 0 Å². The van der Waals surface area contributed by atoms with Gasteiger partial charge >= 0.3 is 6.01 Å². The van der Waals surface area contributed by atoms with Crippen LogP contribution in [0.3, 0.4) is 0 Å². The Labute approximate surface area is 123 Å². The second-order valence-corrected chi connectivity index (χ2v) is 4.61. The van der Waals surface area contributed by atoms with E-state index in [2.05, 4.69) is 20.3 Å². The number of aromatic nitrogens is 3. The molecular formula is C15H19FN4O. The van der Waals surface area contributed by atoms with Crippen molar-refractivity contribution in [3.63, 3.8) is 0 Å². The molecule has 0 spiro atoms. The lowest BCUT2D eigenvalue weighted by atomic mass is 10.1. The molecule has 1 N–H and O–H groups in total. The molecule has 2 aromatic rings. The van der Waals surface area contributed by atoms with Crippen molar-refractivity contribution in [3.05, 3.63) is 29.6 Å². The van der Waals surface area contributed by atoms with Gasteiger partial charge in [0.25, 0.3) is 0 Å². The molecule has 5 nitrogen and oxygen atoms in total. The summed E-state index contributed by atoms with van der Waals surface area (Å²) >= 11 is 0. The van der Waals surface area contributed by atoms with Crippen LogP contribution in [0.2, 0.25) is 0 Å². The molecule has 0 fully saturated rings. The van der Waals surface area contributed by atoms with Gasteiger partial charge in [0.2, 0.25) is 5.95 Å². The number of nitrogens with one attached hydrogen (secondary N) is 1. The average molecular weight is 290 g/mol. The molecule has 0 bridgehead atoms. The predicted molar refractivity (Wildman–Crippen MR) is 79.9 cm³/mol. The fourth-order valence-corrected chi connectivity index (χ4v) is 1.76. The highest BCUT2D eigenvalue weighted by molar-refractivity contribution is 5.57. The highest BCUT2D eigenvalue weighted by atomic mass is 19.1. The van der Waals surface area contributed by atoms with E-state index in [0.29, 0.717) is 30.5 Å². The minimum atomic E-state index is -0.248. The third kappa shape index (κ3) is 3.87. The predicted octanol–water partition coefficient (Wildman–Crippen LogP) is 3.21. The monoisotopic (exact) mass is 290 g/mol. The number of hydrogen-bond acceptors (Lipinski definition) is 5. The quantitative estimate of drug-likeness (QED) is 0.885. The highest BCUT2D eigenvalue weighted by Crippen LogP contribution is 2.21. The van der Waals surface area contributed by atoms with Crippen molar-refractivity contribution in [1.29, 1.82) is 0 Å². The first-order valence-corrected chi connectivity index (χ1v) is 7.03. The summed E-state index contributed by atoms with van der Waals surface area (Å²) in [5.74, 6) is 0.674. The number of benzene rings is 1. The Kier molecular flexibility index (Phi) is 5.03. The van der Waals surface area contributed by atoms with Crippen LogP contribution in [0.4, 0.5) is 10.3 Å². The summed E-state index contributed by atoms with van der Waals surface area (Å²) in [7, 11) is 0. The first-order valence-electron chi connectivity index (χ1n) is 7.03. The third-order valence-corrected chi connectivity index (χ3v) is 2.80. The molecule has 0 saturated heterocycles. The molecule has 0 radical (unpaired) electrons. The molecule has 2 rings (SSSR count). The molecule has 112 valence electrons. The fourth-order valence-electron chi connectivity index (χ4n) is 1.76. The molecule has 0 aliphatic rings. The van der Waals surface area contributed by atoms with E-state index in [1.165, 1.54) is 6.07 Å². The first-order chi connectivity index (χ1) is 10.1. The van der Waals surface area contributed by atoms with Gasteiger partial charge in [-0.3, -0.25) is 0 Å². The summed E-state index contributed by atoms with van der Waals surface area (Å²) in [5.41, 5.74) is 1.28. The van der Waals surface area contributed by atoms with Crippen LogP contribution in [0.1, 0.15) is 25.8 Å². The second kappa shape index (κ2) is 6.97. The van der Waals surface area contributed by atoms with Gasteiger partial charge in [-0.15, -0.1) is 0 Å². The summed E-state index contributed by atoms with van der Waals surface area (Å²) in [6.45, 7) is 6.91. The van der Waals surface area contributed by atoms with E-state index in [4.69, 9.17) is 4.74 Å². The van der Waals surface area contributed by atoms with Crippen molar-refractivity contribution < 1.29 is 9.13 Å². The van der Waals surface area contributed by atoms with Crippen LogP contribution >= 0.6 is 0 Å². The van der Waals surface area contributed by atoms with Gasteiger partial charge in [-0.05, 0) is 44.0 Å².